The Morgan fingerprint density at radius 3 is 2.40 bits per heavy atom. The van der Waals surface area contributed by atoms with Gasteiger partial charge in [0, 0.05) is 56.1 Å². The number of hydrogen-bond acceptors (Lipinski definition) is 5. The molecule has 0 amide bonds. The molecule has 2 aromatic heterocycles. The molecule has 4 aromatic rings. The van der Waals surface area contributed by atoms with E-state index in [9.17, 15) is 22.4 Å². The monoisotopic (exact) mass is 500 g/mol. The van der Waals surface area contributed by atoms with Gasteiger partial charge in [0.25, 0.3) is 0 Å². The molecule has 1 N–H and O–H groups in total. The van der Waals surface area contributed by atoms with Crippen LogP contribution in [0.25, 0.3) is 16.8 Å². The number of rotatable bonds is 7. The molecule has 0 saturated heterocycles. The number of pyridine rings is 1. The summed E-state index contributed by atoms with van der Waals surface area (Å²) in [5.74, 6) is -1.93. The summed E-state index contributed by atoms with van der Waals surface area (Å²) in [6.45, 7) is 4.76. The van der Waals surface area contributed by atoms with Crippen LogP contribution in [0.4, 0.5) is 14.5 Å². The summed E-state index contributed by atoms with van der Waals surface area (Å²) in [4.78, 5) is 0. The first kappa shape index (κ1) is 24.1. The SMILES string of the molecule is CCS(=O)(=O)Nc1cc(-c2cc(C)[n+]([O-])c(C)c2)c(Oc2ccc(F)cc2F)cc1-n1cccn1. The van der Waals surface area contributed by atoms with E-state index in [2.05, 4.69) is 9.82 Å². The van der Waals surface area contributed by atoms with E-state index < -0.39 is 21.7 Å². The van der Waals surface area contributed by atoms with Gasteiger partial charge in [-0.2, -0.15) is 9.83 Å². The molecule has 182 valence electrons. The van der Waals surface area contributed by atoms with E-state index in [0.29, 0.717) is 34.3 Å². The van der Waals surface area contributed by atoms with Crippen LogP contribution in [0.2, 0.25) is 0 Å². The third-order valence-electron chi connectivity index (χ3n) is 5.29. The minimum Gasteiger partial charge on any atom is -0.618 e. The fourth-order valence-electron chi connectivity index (χ4n) is 3.52. The van der Waals surface area contributed by atoms with Crippen molar-refractivity contribution in [3.05, 3.63) is 89.2 Å². The van der Waals surface area contributed by atoms with E-state index in [1.54, 1.807) is 38.2 Å². The van der Waals surface area contributed by atoms with Crippen molar-refractivity contribution in [1.29, 1.82) is 0 Å². The maximum absolute atomic E-state index is 14.5. The van der Waals surface area contributed by atoms with Crippen LogP contribution in [0, 0.1) is 30.7 Å². The van der Waals surface area contributed by atoms with Crippen molar-refractivity contribution in [2.24, 2.45) is 0 Å². The second-order valence-corrected chi connectivity index (χ2v) is 9.83. The molecule has 8 nitrogen and oxygen atoms in total. The number of hydrogen-bond donors (Lipinski definition) is 1. The molecule has 0 saturated carbocycles. The van der Waals surface area contributed by atoms with E-state index in [0.717, 1.165) is 16.9 Å². The van der Waals surface area contributed by atoms with Gasteiger partial charge < -0.3 is 9.94 Å². The van der Waals surface area contributed by atoms with Crippen LogP contribution in [0.3, 0.4) is 0 Å². The predicted molar refractivity (Wildman–Crippen MR) is 127 cm³/mol. The number of nitrogens with zero attached hydrogens (tertiary/aromatic N) is 3. The zero-order chi connectivity index (χ0) is 25.3. The Hall–Kier alpha value is -3.99. The van der Waals surface area contributed by atoms with E-state index >= 15 is 0 Å². The zero-order valence-corrected chi connectivity index (χ0v) is 19.9. The normalized spacial score (nSPS) is 11.5. The van der Waals surface area contributed by atoms with Crippen molar-refractivity contribution in [3.8, 4) is 28.3 Å². The van der Waals surface area contributed by atoms with Crippen LogP contribution in [0.1, 0.15) is 18.3 Å². The largest absolute Gasteiger partial charge is 0.618 e. The second kappa shape index (κ2) is 9.34. The van der Waals surface area contributed by atoms with Gasteiger partial charge in [-0.3, -0.25) is 4.72 Å². The number of sulfonamides is 1. The van der Waals surface area contributed by atoms with Crippen LogP contribution in [-0.4, -0.2) is 24.0 Å². The Balaban J connectivity index is 1.99. The van der Waals surface area contributed by atoms with Crippen LogP contribution >= 0.6 is 0 Å². The lowest BCUT2D eigenvalue weighted by atomic mass is 10.0. The van der Waals surface area contributed by atoms with Crippen LogP contribution in [0.5, 0.6) is 11.5 Å². The van der Waals surface area contributed by atoms with Gasteiger partial charge in [-0.25, -0.2) is 21.9 Å². The van der Waals surface area contributed by atoms with Crippen molar-refractivity contribution in [3.63, 3.8) is 0 Å². The molecule has 0 aliphatic rings. The van der Waals surface area contributed by atoms with Crippen molar-refractivity contribution in [2.45, 2.75) is 20.8 Å². The number of halogens is 2. The highest BCUT2D eigenvalue weighted by molar-refractivity contribution is 7.92. The second-order valence-electron chi connectivity index (χ2n) is 7.82. The summed E-state index contributed by atoms with van der Waals surface area (Å²) in [6.07, 6.45) is 3.13. The van der Waals surface area contributed by atoms with Gasteiger partial charge in [0.15, 0.2) is 23.0 Å². The summed E-state index contributed by atoms with van der Waals surface area (Å²) in [5.41, 5.74) is 2.22. The molecule has 2 heterocycles. The number of nitrogens with one attached hydrogen (secondary N) is 1. The van der Waals surface area contributed by atoms with E-state index in [1.807, 2.05) is 0 Å². The maximum atomic E-state index is 14.5. The molecule has 0 aliphatic heterocycles. The Kier molecular flexibility index (Phi) is 6.44. The van der Waals surface area contributed by atoms with Gasteiger partial charge in [0.2, 0.25) is 10.0 Å². The molecule has 0 radical (unpaired) electrons. The van der Waals surface area contributed by atoms with E-state index in [4.69, 9.17) is 4.74 Å². The fraction of sp³-hybridized carbons (Fsp3) is 0.167. The van der Waals surface area contributed by atoms with Crippen molar-refractivity contribution >= 4 is 15.7 Å². The van der Waals surface area contributed by atoms with Gasteiger partial charge in [-0.05, 0) is 36.8 Å². The van der Waals surface area contributed by atoms with Crippen LogP contribution < -0.4 is 14.2 Å². The van der Waals surface area contributed by atoms with E-state index in [-0.39, 0.29) is 22.9 Å². The lowest BCUT2D eigenvalue weighted by molar-refractivity contribution is -0.619. The van der Waals surface area contributed by atoms with Crippen molar-refractivity contribution < 1.29 is 26.7 Å². The van der Waals surface area contributed by atoms with Gasteiger partial charge in [-0.1, -0.05) is 0 Å². The molecule has 0 aliphatic carbocycles. The molecule has 0 unspecified atom stereocenters. The summed E-state index contributed by atoms with van der Waals surface area (Å²) < 4.78 is 63.4. The summed E-state index contributed by atoms with van der Waals surface area (Å²) in [7, 11) is -3.68. The number of benzene rings is 2. The Morgan fingerprint density at radius 2 is 1.80 bits per heavy atom. The third kappa shape index (κ3) is 5.09. The molecule has 0 atom stereocenters. The van der Waals surface area contributed by atoms with Crippen molar-refractivity contribution in [1.82, 2.24) is 9.78 Å². The lowest BCUT2D eigenvalue weighted by Crippen LogP contribution is -2.33. The smallest absolute Gasteiger partial charge is 0.232 e. The number of aromatic nitrogens is 3. The maximum Gasteiger partial charge on any atom is 0.232 e. The molecule has 4 rings (SSSR count). The number of ether oxygens (including phenoxy) is 1. The molecular formula is C24H22F2N4O4S. The zero-order valence-electron chi connectivity index (χ0n) is 19.1. The minimum atomic E-state index is -3.68. The first-order valence-corrected chi connectivity index (χ1v) is 12.3. The van der Waals surface area contributed by atoms with Crippen molar-refractivity contribution in [2.75, 3.05) is 10.5 Å². The number of anilines is 1. The highest BCUT2D eigenvalue weighted by atomic mass is 32.2. The topological polar surface area (TPSA) is 100 Å². The summed E-state index contributed by atoms with van der Waals surface area (Å²) in [5, 5.41) is 16.4. The molecule has 0 bridgehead atoms. The molecular weight excluding hydrogens is 478 g/mol. The third-order valence-corrected chi connectivity index (χ3v) is 6.58. The predicted octanol–water partition coefficient (Wildman–Crippen LogP) is 4.62. The molecule has 2 aromatic carbocycles. The Morgan fingerprint density at radius 1 is 1.09 bits per heavy atom. The molecule has 11 heteroatoms. The highest BCUT2D eigenvalue weighted by Crippen LogP contribution is 2.40. The Labute approximate surface area is 201 Å². The quantitative estimate of drug-likeness (QED) is 0.295. The summed E-state index contributed by atoms with van der Waals surface area (Å²) >= 11 is 0. The number of aryl methyl sites for hydroxylation is 2. The Bertz CT molecular complexity index is 1480. The van der Waals surface area contributed by atoms with Gasteiger partial charge in [-0.15, -0.1) is 0 Å². The van der Waals surface area contributed by atoms with Gasteiger partial charge >= 0.3 is 0 Å². The van der Waals surface area contributed by atoms with Gasteiger partial charge in [0.1, 0.15) is 11.6 Å². The minimum absolute atomic E-state index is 0.142. The van der Waals surface area contributed by atoms with Gasteiger partial charge in [0.05, 0.1) is 17.1 Å². The fourth-order valence-corrected chi connectivity index (χ4v) is 4.16. The summed E-state index contributed by atoms with van der Waals surface area (Å²) in [6, 6.07) is 10.8. The average molecular weight is 501 g/mol. The van der Waals surface area contributed by atoms with Crippen LogP contribution in [-0.2, 0) is 10.0 Å². The lowest BCUT2D eigenvalue weighted by Gasteiger charge is -2.19. The average Bonchev–Trinajstić information content (AvgIpc) is 3.34. The highest BCUT2D eigenvalue weighted by Gasteiger charge is 2.21. The first-order chi connectivity index (χ1) is 16.6. The molecule has 0 fully saturated rings. The first-order valence-electron chi connectivity index (χ1n) is 10.6. The van der Waals surface area contributed by atoms with E-state index in [1.165, 1.54) is 29.9 Å². The molecule has 35 heavy (non-hydrogen) atoms. The molecule has 0 spiro atoms. The van der Waals surface area contributed by atoms with Crippen LogP contribution in [0.15, 0.2) is 60.9 Å². The standard InChI is InChI=1S/C24H22F2N4O4S/c1-4-35(32,33)28-21-13-19(17-10-15(2)30(31)16(3)11-17)24(14-22(21)29-9-5-8-27-29)34-23-7-6-18(25)12-20(23)26/h5-14,28H,4H2,1-3H3.